The van der Waals surface area contributed by atoms with Gasteiger partial charge in [0.15, 0.2) is 0 Å². The van der Waals surface area contributed by atoms with Crippen molar-refractivity contribution in [3.05, 3.63) is 0 Å². The van der Waals surface area contributed by atoms with Crippen molar-refractivity contribution in [3.8, 4) is 0 Å². The summed E-state index contributed by atoms with van der Waals surface area (Å²) in [7, 11) is 1.69. The van der Waals surface area contributed by atoms with Gasteiger partial charge in [0, 0.05) is 20.1 Å². The Labute approximate surface area is 109 Å². The maximum atomic E-state index is 11.7. The van der Waals surface area contributed by atoms with Gasteiger partial charge < -0.3 is 15.7 Å². The SMILES string of the molecule is CNC(=O)C1CCCN(C2CNCCC2(C)O)C1. The first kappa shape index (κ1) is 13.8. The van der Waals surface area contributed by atoms with Crippen LogP contribution in [0.25, 0.3) is 0 Å². The summed E-state index contributed by atoms with van der Waals surface area (Å²) < 4.78 is 0. The topological polar surface area (TPSA) is 64.6 Å². The van der Waals surface area contributed by atoms with Crippen molar-refractivity contribution in [1.29, 1.82) is 0 Å². The van der Waals surface area contributed by atoms with E-state index < -0.39 is 5.60 Å². The number of carbonyl (C=O) groups is 1. The van der Waals surface area contributed by atoms with E-state index in [-0.39, 0.29) is 17.9 Å². The molecule has 0 aromatic rings. The summed E-state index contributed by atoms with van der Waals surface area (Å²) in [5, 5.41) is 16.6. The molecule has 2 heterocycles. The Morgan fingerprint density at radius 1 is 1.56 bits per heavy atom. The molecule has 0 aromatic carbocycles. The molecular weight excluding hydrogens is 230 g/mol. The molecule has 0 aliphatic carbocycles. The van der Waals surface area contributed by atoms with Crippen LogP contribution in [0, 0.1) is 5.92 Å². The smallest absolute Gasteiger partial charge is 0.224 e. The zero-order valence-corrected chi connectivity index (χ0v) is 11.4. The summed E-state index contributed by atoms with van der Waals surface area (Å²) in [4.78, 5) is 14.0. The van der Waals surface area contributed by atoms with Gasteiger partial charge in [-0.05, 0) is 39.3 Å². The average Bonchev–Trinajstić information content (AvgIpc) is 2.37. The standard InChI is InChI=1S/C13H25N3O2/c1-13(18)5-6-15-8-11(13)16-7-3-4-10(9-16)12(17)14-2/h10-11,15,18H,3-9H2,1-2H3,(H,14,17). The number of nitrogens with zero attached hydrogens (tertiary/aromatic N) is 1. The number of hydrogen-bond acceptors (Lipinski definition) is 4. The molecule has 0 radical (unpaired) electrons. The molecule has 0 aromatic heterocycles. The number of nitrogens with one attached hydrogen (secondary N) is 2. The van der Waals surface area contributed by atoms with Crippen LogP contribution in [0.5, 0.6) is 0 Å². The van der Waals surface area contributed by atoms with E-state index in [0.717, 1.165) is 45.4 Å². The van der Waals surface area contributed by atoms with Crippen molar-refractivity contribution in [2.75, 3.05) is 33.2 Å². The van der Waals surface area contributed by atoms with Gasteiger partial charge in [0.1, 0.15) is 0 Å². The van der Waals surface area contributed by atoms with Crippen molar-refractivity contribution < 1.29 is 9.90 Å². The molecule has 2 rings (SSSR count). The molecule has 3 unspecified atom stereocenters. The summed E-state index contributed by atoms with van der Waals surface area (Å²) in [6, 6.07) is 0.124. The van der Waals surface area contributed by atoms with Crippen LogP contribution in [0.15, 0.2) is 0 Å². The minimum atomic E-state index is -0.643. The largest absolute Gasteiger partial charge is 0.388 e. The van der Waals surface area contributed by atoms with Gasteiger partial charge >= 0.3 is 0 Å². The number of amides is 1. The molecule has 0 spiro atoms. The normalized spacial score (nSPS) is 38.4. The second kappa shape index (κ2) is 5.55. The summed E-state index contributed by atoms with van der Waals surface area (Å²) in [6.45, 7) is 5.35. The third-order valence-corrected chi connectivity index (χ3v) is 4.37. The van der Waals surface area contributed by atoms with E-state index in [1.165, 1.54) is 0 Å². The fourth-order valence-corrected chi connectivity index (χ4v) is 3.20. The van der Waals surface area contributed by atoms with Gasteiger partial charge in [-0.3, -0.25) is 9.69 Å². The van der Waals surface area contributed by atoms with Gasteiger partial charge in [0.25, 0.3) is 0 Å². The average molecular weight is 255 g/mol. The Morgan fingerprint density at radius 3 is 3.00 bits per heavy atom. The zero-order chi connectivity index (χ0) is 13.2. The predicted molar refractivity (Wildman–Crippen MR) is 70.3 cm³/mol. The van der Waals surface area contributed by atoms with Gasteiger partial charge in [-0.25, -0.2) is 0 Å². The zero-order valence-electron chi connectivity index (χ0n) is 11.4. The number of likely N-dealkylation sites (tertiary alicyclic amines) is 1. The lowest BCUT2D eigenvalue weighted by Gasteiger charge is -2.46. The van der Waals surface area contributed by atoms with Crippen LogP contribution in [-0.4, -0.2) is 60.8 Å². The fraction of sp³-hybridized carbons (Fsp3) is 0.923. The van der Waals surface area contributed by atoms with Crippen LogP contribution >= 0.6 is 0 Å². The number of rotatable bonds is 2. The Bertz CT molecular complexity index is 307. The lowest BCUT2D eigenvalue weighted by molar-refractivity contribution is -0.128. The van der Waals surface area contributed by atoms with Gasteiger partial charge in [-0.2, -0.15) is 0 Å². The molecule has 0 saturated carbocycles. The fourth-order valence-electron chi connectivity index (χ4n) is 3.20. The Kier molecular flexibility index (Phi) is 4.25. The maximum Gasteiger partial charge on any atom is 0.224 e. The van der Waals surface area contributed by atoms with Crippen LogP contribution in [0.4, 0.5) is 0 Å². The van der Waals surface area contributed by atoms with Crippen molar-refractivity contribution >= 4 is 5.91 Å². The van der Waals surface area contributed by atoms with E-state index in [2.05, 4.69) is 15.5 Å². The molecule has 1 amide bonds. The summed E-state index contributed by atoms with van der Waals surface area (Å²) in [6.07, 6.45) is 2.77. The maximum absolute atomic E-state index is 11.7. The number of aliphatic hydroxyl groups is 1. The van der Waals surface area contributed by atoms with Crippen molar-refractivity contribution in [2.24, 2.45) is 5.92 Å². The van der Waals surface area contributed by atoms with Crippen molar-refractivity contribution in [1.82, 2.24) is 15.5 Å². The van der Waals surface area contributed by atoms with Crippen LogP contribution < -0.4 is 10.6 Å². The Balaban J connectivity index is 2.01. The first-order chi connectivity index (χ1) is 8.54. The van der Waals surface area contributed by atoms with E-state index in [1.54, 1.807) is 7.05 Å². The van der Waals surface area contributed by atoms with Crippen LogP contribution in [0.2, 0.25) is 0 Å². The quantitative estimate of drug-likeness (QED) is 0.626. The summed E-state index contributed by atoms with van der Waals surface area (Å²) in [5.41, 5.74) is -0.643. The van der Waals surface area contributed by atoms with Gasteiger partial charge in [0.05, 0.1) is 17.6 Å². The molecule has 0 bridgehead atoms. The number of carbonyl (C=O) groups excluding carboxylic acids is 1. The molecule has 18 heavy (non-hydrogen) atoms. The molecule has 2 aliphatic heterocycles. The highest BCUT2D eigenvalue weighted by Gasteiger charge is 2.40. The highest BCUT2D eigenvalue weighted by Crippen LogP contribution is 2.27. The minimum absolute atomic E-state index is 0.0708. The van der Waals surface area contributed by atoms with Crippen LogP contribution in [0.3, 0.4) is 0 Å². The lowest BCUT2D eigenvalue weighted by atomic mass is 9.85. The Morgan fingerprint density at radius 2 is 2.33 bits per heavy atom. The molecule has 5 nitrogen and oxygen atoms in total. The Hall–Kier alpha value is -0.650. The molecule has 3 N–H and O–H groups in total. The lowest BCUT2D eigenvalue weighted by Crippen LogP contribution is -2.62. The monoisotopic (exact) mass is 255 g/mol. The third-order valence-electron chi connectivity index (χ3n) is 4.37. The summed E-state index contributed by atoms with van der Waals surface area (Å²) >= 11 is 0. The molecule has 2 fully saturated rings. The molecule has 3 atom stereocenters. The van der Waals surface area contributed by atoms with Gasteiger partial charge in [-0.1, -0.05) is 0 Å². The number of piperidine rings is 2. The molecular formula is C13H25N3O2. The van der Waals surface area contributed by atoms with E-state index in [0.29, 0.717) is 0 Å². The van der Waals surface area contributed by atoms with Crippen LogP contribution in [-0.2, 0) is 4.79 Å². The van der Waals surface area contributed by atoms with Gasteiger partial charge in [-0.15, -0.1) is 0 Å². The first-order valence-corrected chi connectivity index (χ1v) is 6.93. The second-order valence-electron chi connectivity index (χ2n) is 5.78. The van der Waals surface area contributed by atoms with E-state index in [1.807, 2.05) is 6.92 Å². The van der Waals surface area contributed by atoms with Gasteiger partial charge in [0.2, 0.25) is 5.91 Å². The van der Waals surface area contributed by atoms with E-state index >= 15 is 0 Å². The minimum Gasteiger partial charge on any atom is -0.388 e. The molecule has 2 aliphatic rings. The molecule has 5 heteroatoms. The molecule has 104 valence electrons. The first-order valence-electron chi connectivity index (χ1n) is 6.93. The van der Waals surface area contributed by atoms with Crippen LogP contribution in [0.1, 0.15) is 26.2 Å². The van der Waals surface area contributed by atoms with E-state index in [9.17, 15) is 9.90 Å². The van der Waals surface area contributed by atoms with E-state index in [4.69, 9.17) is 0 Å². The second-order valence-corrected chi connectivity index (χ2v) is 5.78. The molecule has 2 saturated heterocycles. The predicted octanol–water partition coefficient (Wildman–Crippen LogP) is -0.443. The van der Waals surface area contributed by atoms with Crippen molar-refractivity contribution in [2.45, 2.75) is 37.8 Å². The highest BCUT2D eigenvalue weighted by atomic mass is 16.3. The summed E-state index contributed by atoms with van der Waals surface area (Å²) in [5.74, 6) is 0.199. The van der Waals surface area contributed by atoms with Crippen molar-refractivity contribution in [3.63, 3.8) is 0 Å². The highest BCUT2D eigenvalue weighted by molar-refractivity contribution is 5.78. The third kappa shape index (κ3) is 2.84. The number of hydrogen-bond donors (Lipinski definition) is 3.